The number of nitrogens with zero attached hydrogens (tertiary/aromatic N) is 2. The highest BCUT2D eigenvalue weighted by molar-refractivity contribution is 5.98. The van der Waals surface area contributed by atoms with Crippen molar-refractivity contribution >= 4 is 11.7 Å². The predicted molar refractivity (Wildman–Crippen MR) is 71.9 cm³/mol. The van der Waals surface area contributed by atoms with Crippen LogP contribution in [0.5, 0.6) is 0 Å². The third-order valence-corrected chi connectivity index (χ3v) is 2.50. The molecule has 0 aliphatic heterocycles. The second-order valence-electron chi connectivity index (χ2n) is 3.85. The van der Waals surface area contributed by atoms with Crippen LogP contribution in [0.3, 0.4) is 0 Å². The molecule has 1 N–H and O–H groups in total. The molecule has 5 nitrogen and oxygen atoms in total. The molecular weight excluding hydrogens is 230 g/mol. The summed E-state index contributed by atoms with van der Waals surface area (Å²) in [7, 11) is 1.77. The van der Waals surface area contributed by atoms with Crippen molar-refractivity contribution < 1.29 is 9.53 Å². The normalized spacial score (nSPS) is 10.2. The Bertz CT molecular complexity index is 382. The van der Waals surface area contributed by atoms with Gasteiger partial charge in [-0.25, -0.2) is 4.98 Å². The molecule has 1 aromatic rings. The summed E-state index contributed by atoms with van der Waals surface area (Å²) in [5.74, 6) is 0.590. The van der Waals surface area contributed by atoms with E-state index in [4.69, 9.17) is 4.74 Å². The summed E-state index contributed by atoms with van der Waals surface area (Å²) in [6.07, 6.45) is 1.68. The van der Waals surface area contributed by atoms with Gasteiger partial charge in [0.25, 0.3) is 5.91 Å². The topological polar surface area (TPSA) is 54.5 Å². The monoisotopic (exact) mass is 251 g/mol. The van der Waals surface area contributed by atoms with E-state index >= 15 is 0 Å². The summed E-state index contributed by atoms with van der Waals surface area (Å²) >= 11 is 0. The lowest BCUT2D eigenvalue weighted by atomic mass is 10.2. The van der Waals surface area contributed by atoms with Crippen molar-refractivity contribution in [3.63, 3.8) is 0 Å². The number of ether oxygens (including phenoxy) is 1. The molecule has 0 bridgehead atoms. The molecule has 1 amide bonds. The molecule has 0 saturated heterocycles. The number of rotatable bonds is 7. The molecule has 100 valence electrons. The zero-order valence-corrected chi connectivity index (χ0v) is 11.3. The molecule has 18 heavy (non-hydrogen) atoms. The molecule has 1 heterocycles. The van der Waals surface area contributed by atoms with Gasteiger partial charge in [-0.05, 0) is 26.0 Å². The third kappa shape index (κ3) is 4.00. The average molecular weight is 251 g/mol. The first kappa shape index (κ1) is 14.4. The Morgan fingerprint density at radius 2 is 2.28 bits per heavy atom. The predicted octanol–water partition coefficient (Wildman–Crippen LogP) is 1.62. The summed E-state index contributed by atoms with van der Waals surface area (Å²) < 4.78 is 5.24. The minimum Gasteiger partial charge on any atom is -0.380 e. The standard InChI is InChI=1S/C13H21N3O2/c1-4-14-12-11(7-6-8-15-12)13(17)16(3)9-10-18-5-2/h6-8H,4-5,9-10H2,1-3H3,(H,14,15). The number of anilines is 1. The number of hydrogen-bond acceptors (Lipinski definition) is 4. The van der Waals surface area contributed by atoms with Crippen LogP contribution in [0.4, 0.5) is 5.82 Å². The third-order valence-electron chi connectivity index (χ3n) is 2.50. The fourth-order valence-corrected chi connectivity index (χ4v) is 1.54. The van der Waals surface area contributed by atoms with Crippen LogP contribution in [-0.2, 0) is 4.74 Å². The van der Waals surface area contributed by atoms with Gasteiger partial charge in [-0.1, -0.05) is 0 Å². The van der Waals surface area contributed by atoms with Gasteiger partial charge in [-0.15, -0.1) is 0 Å². The van der Waals surface area contributed by atoms with E-state index in [2.05, 4.69) is 10.3 Å². The molecule has 0 aliphatic carbocycles. The fraction of sp³-hybridized carbons (Fsp3) is 0.538. The van der Waals surface area contributed by atoms with E-state index in [0.717, 1.165) is 6.54 Å². The number of carbonyl (C=O) groups excluding carboxylic acids is 1. The van der Waals surface area contributed by atoms with Gasteiger partial charge in [0.15, 0.2) is 0 Å². The van der Waals surface area contributed by atoms with Crippen molar-refractivity contribution in [2.75, 3.05) is 38.7 Å². The van der Waals surface area contributed by atoms with Gasteiger partial charge in [0.05, 0.1) is 12.2 Å². The number of amides is 1. The van der Waals surface area contributed by atoms with Crippen molar-refractivity contribution in [1.29, 1.82) is 0 Å². The molecule has 0 saturated carbocycles. The van der Waals surface area contributed by atoms with Crippen molar-refractivity contribution in [3.8, 4) is 0 Å². The molecule has 0 atom stereocenters. The van der Waals surface area contributed by atoms with Crippen molar-refractivity contribution in [2.45, 2.75) is 13.8 Å². The lowest BCUT2D eigenvalue weighted by Crippen LogP contribution is -2.31. The maximum Gasteiger partial charge on any atom is 0.257 e. The van der Waals surface area contributed by atoms with Gasteiger partial charge in [-0.3, -0.25) is 4.79 Å². The van der Waals surface area contributed by atoms with E-state index in [1.807, 2.05) is 13.8 Å². The molecule has 0 aliphatic rings. The molecule has 0 spiro atoms. The summed E-state index contributed by atoms with van der Waals surface area (Å²) in [6, 6.07) is 3.55. The van der Waals surface area contributed by atoms with E-state index in [1.165, 1.54) is 0 Å². The lowest BCUT2D eigenvalue weighted by molar-refractivity contribution is 0.0710. The Balaban J connectivity index is 2.70. The Hall–Kier alpha value is -1.62. The highest BCUT2D eigenvalue weighted by Gasteiger charge is 2.15. The second kappa shape index (κ2) is 7.66. The Kier molecular flexibility index (Phi) is 6.14. The van der Waals surface area contributed by atoms with Gasteiger partial charge in [0.1, 0.15) is 5.82 Å². The van der Waals surface area contributed by atoms with Crippen LogP contribution >= 0.6 is 0 Å². The second-order valence-corrected chi connectivity index (χ2v) is 3.85. The van der Waals surface area contributed by atoms with E-state index in [9.17, 15) is 4.79 Å². The minimum absolute atomic E-state index is 0.0428. The number of hydrogen-bond donors (Lipinski definition) is 1. The molecule has 1 rings (SSSR count). The van der Waals surface area contributed by atoms with Crippen LogP contribution in [0.1, 0.15) is 24.2 Å². The molecule has 1 aromatic heterocycles. The molecule has 0 fully saturated rings. The van der Waals surface area contributed by atoms with Crippen LogP contribution in [0.25, 0.3) is 0 Å². The van der Waals surface area contributed by atoms with Gasteiger partial charge in [0, 0.05) is 32.9 Å². The van der Waals surface area contributed by atoms with Crippen LogP contribution in [0, 0.1) is 0 Å². The summed E-state index contributed by atoms with van der Waals surface area (Å²) in [6.45, 7) is 6.44. The molecule has 0 unspecified atom stereocenters. The molecule has 0 radical (unpaired) electrons. The highest BCUT2D eigenvalue weighted by Crippen LogP contribution is 2.13. The van der Waals surface area contributed by atoms with Crippen molar-refractivity contribution in [2.24, 2.45) is 0 Å². The zero-order chi connectivity index (χ0) is 13.4. The van der Waals surface area contributed by atoms with Crippen LogP contribution in [0.15, 0.2) is 18.3 Å². The number of pyridine rings is 1. The van der Waals surface area contributed by atoms with Gasteiger partial charge in [0.2, 0.25) is 0 Å². The van der Waals surface area contributed by atoms with Gasteiger partial charge in [-0.2, -0.15) is 0 Å². The fourth-order valence-electron chi connectivity index (χ4n) is 1.54. The maximum atomic E-state index is 12.2. The molecule has 5 heteroatoms. The first-order valence-corrected chi connectivity index (χ1v) is 6.22. The van der Waals surface area contributed by atoms with Crippen molar-refractivity contribution in [3.05, 3.63) is 23.9 Å². The molecular formula is C13H21N3O2. The average Bonchev–Trinajstić information content (AvgIpc) is 2.39. The van der Waals surface area contributed by atoms with E-state index in [1.54, 1.807) is 30.3 Å². The largest absolute Gasteiger partial charge is 0.380 e. The Labute approximate surface area is 108 Å². The van der Waals surface area contributed by atoms with Gasteiger partial charge < -0.3 is 15.0 Å². The smallest absolute Gasteiger partial charge is 0.257 e. The van der Waals surface area contributed by atoms with Crippen molar-refractivity contribution in [1.82, 2.24) is 9.88 Å². The minimum atomic E-state index is -0.0428. The Morgan fingerprint density at radius 1 is 1.50 bits per heavy atom. The number of likely N-dealkylation sites (N-methyl/N-ethyl adjacent to an activating group) is 1. The first-order valence-electron chi connectivity index (χ1n) is 6.22. The summed E-state index contributed by atoms with van der Waals surface area (Å²) in [5, 5.41) is 3.09. The van der Waals surface area contributed by atoms with Crippen LogP contribution in [-0.4, -0.2) is 49.1 Å². The number of nitrogens with one attached hydrogen (secondary N) is 1. The maximum absolute atomic E-state index is 12.2. The van der Waals surface area contributed by atoms with Gasteiger partial charge >= 0.3 is 0 Å². The quantitative estimate of drug-likeness (QED) is 0.748. The first-order chi connectivity index (χ1) is 8.70. The van der Waals surface area contributed by atoms with E-state index < -0.39 is 0 Å². The molecule has 0 aromatic carbocycles. The highest BCUT2D eigenvalue weighted by atomic mass is 16.5. The SMILES string of the molecule is CCNc1ncccc1C(=O)N(C)CCOCC. The van der Waals surface area contributed by atoms with E-state index in [-0.39, 0.29) is 5.91 Å². The Morgan fingerprint density at radius 3 is 2.94 bits per heavy atom. The van der Waals surface area contributed by atoms with Crippen LogP contribution < -0.4 is 5.32 Å². The summed E-state index contributed by atoms with van der Waals surface area (Å²) in [5.41, 5.74) is 0.596. The number of carbonyl (C=O) groups is 1. The lowest BCUT2D eigenvalue weighted by Gasteiger charge is -2.18. The van der Waals surface area contributed by atoms with E-state index in [0.29, 0.717) is 31.1 Å². The summed E-state index contributed by atoms with van der Waals surface area (Å²) in [4.78, 5) is 18.0. The zero-order valence-electron chi connectivity index (χ0n) is 11.3. The van der Waals surface area contributed by atoms with Crippen LogP contribution in [0.2, 0.25) is 0 Å². The number of aromatic nitrogens is 1.